The van der Waals surface area contributed by atoms with E-state index in [1.165, 1.54) is 24.7 Å². The Balaban J connectivity index is 1.70. The summed E-state index contributed by atoms with van der Waals surface area (Å²) in [4.78, 5) is 26.0. The Kier molecular flexibility index (Phi) is 7.14. The van der Waals surface area contributed by atoms with Crippen LogP contribution in [0.5, 0.6) is 0 Å². The van der Waals surface area contributed by atoms with Gasteiger partial charge in [0.05, 0.1) is 22.9 Å². The van der Waals surface area contributed by atoms with Crippen molar-refractivity contribution in [2.75, 3.05) is 5.32 Å². The molecule has 0 aliphatic heterocycles. The standard InChI is InChI=1S/C26H26F4N4O/c1-15(2)24-32-13-17(14-33-24)25(35)34-23-20(19-5-3-4-6-21(19)27)11-12-31-22(23)16-7-9-18(10-8-16)26(28,29)30/h3-6,11-16,18H,7-10H2,1-2H3,(H,34,35)/t16-,18+. The summed E-state index contributed by atoms with van der Waals surface area (Å²) < 4.78 is 54.3. The maximum absolute atomic E-state index is 14.7. The molecule has 0 saturated heterocycles. The van der Waals surface area contributed by atoms with E-state index in [4.69, 9.17) is 0 Å². The average molecular weight is 487 g/mol. The smallest absolute Gasteiger partial charge is 0.320 e. The highest BCUT2D eigenvalue weighted by molar-refractivity contribution is 6.06. The van der Waals surface area contributed by atoms with Gasteiger partial charge in [0.1, 0.15) is 11.6 Å². The van der Waals surface area contributed by atoms with Gasteiger partial charge in [0.2, 0.25) is 0 Å². The lowest BCUT2D eigenvalue weighted by molar-refractivity contribution is -0.182. The van der Waals surface area contributed by atoms with Gasteiger partial charge in [-0.05, 0) is 37.8 Å². The Hall–Kier alpha value is -3.36. The molecule has 5 nitrogen and oxygen atoms in total. The van der Waals surface area contributed by atoms with Crippen molar-refractivity contribution in [2.24, 2.45) is 5.92 Å². The zero-order valence-corrected chi connectivity index (χ0v) is 19.4. The van der Waals surface area contributed by atoms with E-state index in [2.05, 4.69) is 20.3 Å². The first-order valence-electron chi connectivity index (χ1n) is 11.6. The van der Waals surface area contributed by atoms with E-state index in [1.807, 2.05) is 13.8 Å². The van der Waals surface area contributed by atoms with Crippen LogP contribution in [0.25, 0.3) is 11.1 Å². The first kappa shape index (κ1) is 24.8. The van der Waals surface area contributed by atoms with Crippen LogP contribution in [-0.4, -0.2) is 27.0 Å². The molecule has 0 radical (unpaired) electrons. The Morgan fingerprint density at radius 2 is 1.63 bits per heavy atom. The van der Waals surface area contributed by atoms with Crippen molar-refractivity contribution < 1.29 is 22.4 Å². The highest BCUT2D eigenvalue weighted by atomic mass is 19.4. The minimum Gasteiger partial charge on any atom is -0.320 e. The minimum atomic E-state index is -4.23. The number of aromatic nitrogens is 3. The second kappa shape index (κ2) is 10.1. The van der Waals surface area contributed by atoms with Crippen LogP contribution >= 0.6 is 0 Å². The molecule has 4 rings (SSSR count). The van der Waals surface area contributed by atoms with Crippen LogP contribution in [-0.2, 0) is 0 Å². The second-order valence-electron chi connectivity index (χ2n) is 9.13. The van der Waals surface area contributed by atoms with Crippen LogP contribution in [0.4, 0.5) is 23.2 Å². The molecule has 1 aliphatic carbocycles. The molecule has 3 aromatic rings. The molecule has 9 heteroatoms. The fourth-order valence-electron chi connectivity index (χ4n) is 4.46. The van der Waals surface area contributed by atoms with Gasteiger partial charge in [0.25, 0.3) is 5.91 Å². The third-order valence-electron chi connectivity index (χ3n) is 6.41. The van der Waals surface area contributed by atoms with E-state index in [9.17, 15) is 22.4 Å². The summed E-state index contributed by atoms with van der Waals surface area (Å²) in [7, 11) is 0. The van der Waals surface area contributed by atoms with Gasteiger partial charge >= 0.3 is 6.18 Å². The van der Waals surface area contributed by atoms with Crippen molar-refractivity contribution in [1.82, 2.24) is 15.0 Å². The van der Waals surface area contributed by atoms with E-state index < -0.39 is 23.8 Å². The monoisotopic (exact) mass is 486 g/mol. The molecule has 35 heavy (non-hydrogen) atoms. The number of nitrogens with one attached hydrogen (secondary N) is 1. The molecule has 1 N–H and O–H groups in total. The van der Waals surface area contributed by atoms with Gasteiger partial charge in [-0.25, -0.2) is 14.4 Å². The molecule has 1 amide bonds. The van der Waals surface area contributed by atoms with Crippen LogP contribution in [0.15, 0.2) is 48.9 Å². The van der Waals surface area contributed by atoms with Gasteiger partial charge < -0.3 is 5.32 Å². The molecular weight excluding hydrogens is 460 g/mol. The van der Waals surface area contributed by atoms with Crippen molar-refractivity contribution >= 4 is 11.6 Å². The van der Waals surface area contributed by atoms with Crippen molar-refractivity contribution in [3.05, 3.63) is 71.8 Å². The normalized spacial score (nSPS) is 18.5. The van der Waals surface area contributed by atoms with Crippen LogP contribution in [0, 0.1) is 11.7 Å². The minimum absolute atomic E-state index is 0.0162. The number of anilines is 1. The molecule has 1 aliphatic rings. The Morgan fingerprint density at radius 3 is 2.23 bits per heavy atom. The summed E-state index contributed by atoms with van der Waals surface area (Å²) in [5, 5.41) is 2.84. The number of benzene rings is 1. The van der Waals surface area contributed by atoms with Crippen LogP contribution < -0.4 is 5.32 Å². The number of carbonyl (C=O) groups excluding carboxylic acids is 1. The lowest BCUT2D eigenvalue weighted by Gasteiger charge is -2.31. The Bertz CT molecular complexity index is 1190. The lowest BCUT2D eigenvalue weighted by atomic mass is 9.79. The summed E-state index contributed by atoms with van der Waals surface area (Å²) in [6.45, 7) is 3.87. The van der Waals surface area contributed by atoms with Crippen molar-refractivity contribution in [3.63, 3.8) is 0 Å². The van der Waals surface area contributed by atoms with Crippen LogP contribution in [0.2, 0.25) is 0 Å². The van der Waals surface area contributed by atoms with Gasteiger partial charge in [0, 0.05) is 41.6 Å². The highest BCUT2D eigenvalue weighted by Gasteiger charge is 2.42. The summed E-state index contributed by atoms with van der Waals surface area (Å²) in [6.07, 6.45) is 0.626. The summed E-state index contributed by atoms with van der Waals surface area (Å²) in [5.74, 6) is -1.94. The van der Waals surface area contributed by atoms with Crippen molar-refractivity contribution in [3.8, 4) is 11.1 Å². The van der Waals surface area contributed by atoms with E-state index >= 15 is 0 Å². The molecule has 1 fully saturated rings. The molecule has 1 aromatic carbocycles. The van der Waals surface area contributed by atoms with Crippen molar-refractivity contribution in [1.29, 1.82) is 0 Å². The van der Waals surface area contributed by atoms with E-state index in [0.29, 0.717) is 22.8 Å². The number of hydrogen-bond acceptors (Lipinski definition) is 4. The van der Waals surface area contributed by atoms with Gasteiger partial charge in [-0.2, -0.15) is 13.2 Å². The number of pyridine rings is 1. The maximum Gasteiger partial charge on any atom is 0.391 e. The Morgan fingerprint density at radius 1 is 0.971 bits per heavy atom. The topological polar surface area (TPSA) is 67.8 Å². The predicted molar refractivity (Wildman–Crippen MR) is 124 cm³/mol. The number of halogens is 4. The fraction of sp³-hybridized carbons (Fsp3) is 0.385. The SMILES string of the molecule is CC(C)c1ncc(C(=O)Nc2c(-c3ccccc3F)ccnc2[C@H]2CC[C@@H](C(F)(F)F)CC2)cn1. The number of amides is 1. The first-order valence-corrected chi connectivity index (χ1v) is 11.6. The number of carbonyl (C=O) groups is 1. The summed E-state index contributed by atoms with van der Waals surface area (Å²) in [5.41, 5.74) is 1.65. The van der Waals surface area contributed by atoms with E-state index in [0.717, 1.165) is 0 Å². The lowest BCUT2D eigenvalue weighted by Crippen LogP contribution is -2.28. The van der Waals surface area contributed by atoms with Gasteiger partial charge in [0.15, 0.2) is 0 Å². The van der Waals surface area contributed by atoms with Crippen LogP contribution in [0.1, 0.15) is 73.2 Å². The largest absolute Gasteiger partial charge is 0.391 e. The highest BCUT2D eigenvalue weighted by Crippen LogP contribution is 2.45. The van der Waals surface area contributed by atoms with Gasteiger partial charge in [-0.3, -0.25) is 9.78 Å². The molecule has 1 saturated carbocycles. The zero-order valence-electron chi connectivity index (χ0n) is 19.4. The van der Waals surface area contributed by atoms with Gasteiger partial charge in [-0.1, -0.05) is 32.0 Å². The second-order valence-corrected chi connectivity index (χ2v) is 9.13. The zero-order chi connectivity index (χ0) is 25.2. The number of rotatable bonds is 5. The quantitative estimate of drug-likeness (QED) is 0.399. The molecule has 0 atom stereocenters. The molecule has 2 aromatic heterocycles. The summed E-state index contributed by atoms with van der Waals surface area (Å²) in [6, 6.07) is 7.73. The van der Waals surface area contributed by atoms with Crippen molar-refractivity contribution in [2.45, 2.75) is 57.5 Å². The van der Waals surface area contributed by atoms with Crippen LogP contribution in [0.3, 0.4) is 0 Å². The molecule has 0 bridgehead atoms. The van der Waals surface area contributed by atoms with E-state index in [1.54, 1.807) is 24.3 Å². The first-order chi connectivity index (χ1) is 16.6. The third kappa shape index (κ3) is 5.49. The predicted octanol–water partition coefficient (Wildman–Crippen LogP) is 6.89. The third-order valence-corrected chi connectivity index (χ3v) is 6.41. The summed E-state index contributed by atoms with van der Waals surface area (Å²) >= 11 is 0. The molecule has 0 unspecified atom stereocenters. The van der Waals surface area contributed by atoms with E-state index in [-0.39, 0.29) is 48.6 Å². The average Bonchev–Trinajstić information content (AvgIpc) is 2.84. The number of alkyl halides is 3. The molecule has 184 valence electrons. The maximum atomic E-state index is 14.7. The molecular formula is C26H26F4N4O. The fourth-order valence-corrected chi connectivity index (χ4v) is 4.46. The Labute approximate surface area is 201 Å². The molecule has 0 spiro atoms. The molecule has 2 heterocycles. The number of nitrogens with zero attached hydrogens (tertiary/aromatic N) is 3. The number of hydrogen-bond donors (Lipinski definition) is 1. The van der Waals surface area contributed by atoms with Gasteiger partial charge in [-0.15, -0.1) is 0 Å².